The Morgan fingerprint density at radius 2 is 1.40 bits per heavy atom. The van der Waals surface area contributed by atoms with Crippen LogP contribution in [-0.4, -0.2) is 34.6 Å². The van der Waals surface area contributed by atoms with E-state index in [1.807, 2.05) is 97.9 Å². The fourth-order valence-electron chi connectivity index (χ4n) is 5.59. The predicted octanol–water partition coefficient (Wildman–Crippen LogP) is 5.83. The maximum atomic E-state index is 13.9. The van der Waals surface area contributed by atoms with E-state index in [2.05, 4.69) is 4.98 Å². The molecule has 42 heavy (non-hydrogen) atoms. The number of carbonyl (C=O) groups is 1. The summed E-state index contributed by atoms with van der Waals surface area (Å²) in [7, 11) is -4.38. The molecule has 0 saturated carbocycles. The molecule has 0 aliphatic carbocycles. The molecule has 0 spiro atoms. The maximum Gasteiger partial charge on any atom is 0.359 e. The molecule has 0 bridgehead atoms. The highest BCUT2D eigenvalue weighted by Gasteiger charge is 2.44. The van der Waals surface area contributed by atoms with E-state index in [4.69, 9.17) is 9.88 Å². The van der Waals surface area contributed by atoms with Crippen LogP contribution in [0.2, 0.25) is 0 Å². The fourth-order valence-corrected chi connectivity index (χ4v) is 6.27. The Bertz CT molecular complexity index is 1640. The van der Waals surface area contributed by atoms with E-state index >= 15 is 0 Å². The first-order valence-electron chi connectivity index (χ1n) is 14.1. The number of sulfonamides is 1. The lowest BCUT2D eigenvalue weighted by molar-refractivity contribution is -0.157. The quantitative estimate of drug-likeness (QED) is 0.214. The SMILES string of the molecule is CCCc1c(-c2ccccc2)nc(S(N)(=O)=O)n1C1=C(O)CC(CCc2ccccc2)(CCc2ccccc2)OC1=O. The third-order valence-electron chi connectivity index (χ3n) is 7.64. The number of aliphatic hydroxyl groups excluding tert-OH is 1. The van der Waals surface area contributed by atoms with Gasteiger partial charge in [0.2, 0.25) is 5.16 Å². The second-order valence-corrected chi connectivity index (χ2v) is 12.2. The highest BCUT2D eigenvalue weighted by Crippen LogP contribution is 2.40. The Hall–Kier alpha value is -4.21. The van der Waals surface area contributed by atoms with E-state index in [1.54, 1.807) is 0 Å². The molecule has 2 heterocycles. The van der Waals surface area contributed by atoms with Crippen molar-refractivity contribution in [1.82, 2.24) is 9.55 Å². The molecule has 1 aromatic heterocycles. The Morgan fingerprint density at radius 1 is 0.881 bits per heavy atom. The van der Waals surface area contributed by atoms with Gasteiger partial charge in [-0.2, -0.15) is 0 Å². The van der Waals surface area contributed by atoms with Crippen molar-refractivity contribution in [2.45, 2.75) is 62.6 Å². The van der Waals surface area contributed by atoms with Crippen molar-refractivity contribution in [3.05, 3.63) is 114 Å². The Labute approximate surface area is 246 Å². The molecule has 1 aliphatic rings. The van der Waals surface area contributed by atoms with Crippen LogP contribution in [0.3, 0.4) is 0 Å². The minimum Gasteiger partial charge on any atom is -0.510 e. The number of rotatable bonds is 11. The van der Waals surface area contributed by atoms with Gasteiger partial charge in [0.1, 0.15) is 11.4 Å². The van der Waals surface area contributed by atoms with Crippen LogP contribution >= 0.6 is 0 Å². The van der Waals surface area contributed by atoms with E-state index in [1.165, 1.54) is 4.57 Å². The Balaban J connectivity index is 1.59. The maximum absolute atomic E-state index is 13.9. The van der Waals surface area contributed by atoms with Crippen molar-refractivity contribution in [3.8, 4) is 11.3 Å². The van der Waals surface area contributed by atoms with Gasteiger partial charge in [-0.15, -0.1) is 0 Å². The van der Waals surface area contributed by atoms with Crippen molar-refractivity contribution < 1.29 is 23.1 Å². The van der Waals surface area contributed by atoms with Crippen LogP contribution in [-0.2, 0) is 38.8 Å². The summed E-state index contributed by atoms with van der Waals surface area (Å²) in [5.74, 6) is -1.05. The van der Waals surface area contributed by atoms with Crippen LogP contribution in [0.15, 0.2) is 102 Å². The molecular formula is C33H35N3O5S. The Kier molecular flexibility index (Phi) is 8.61. The number of carbonyl (C=O) groups excluding carboxylic acids is 1. The number of benzene rings is 3. The van der Waals surface area contributed by atoms with Gasteiger partial charge in [0, 0.05) is 12.0 Å². The number of primary sulfonamides is 1. The van der Waals surface area contributed by atoms with Gasteiger partial charge in [-0.25, -0.2) is 23.3 Å². The van der Waals surface area contributed by atoms with Crippen LogP contribution in [0.25, 0.3) is 17.0 Å². The zero-order chi connectivity index (χ0) is 29.7. The average Bonchev–Trinajstić information content (AvgIpc) is 3.36. The summed E-state index contributed by atoms with van der Waals surface area (Å²) in [6, 6.07) is 28.9. The number of hydrogen-bond acceptors (Lipinski definition) is 6. The van der Waals surface area contributed by atoms with E-state index in [0.717, 1.165) is 11.1 Å². The molecule has 0 fully saturated rings. The second-order valence-electron chi connectivity index (χ2n) is 10.7. The number of cyclic esters (lactones) is 1. The first kappa shape index (κ1) is 29.3. The van der Waals surface area contributed by atoms with Gasteiger partial charge >= 0.3 is 5.97 Å². The molecule has 3 aromatic carbocycles. The molecule has 4 aromatic rings. The van der Waals surface area contributed by atoms with Gasteiger partial charge in [-0.1, -0.05) is 104 Å². The molecule has 218 valence electrons. The zero-order valence-electron chi connectivity index (χ0n) is 23.6. The molecule has 8 nitrogen and oxygen atoms in total. The first-order chi connectivity index (χ1) is 20.2. The summed E-state index contributed by atoms with van der Waals surface area (Å²) in [5, 5.41) is 16.7. The van der Waals surface area contributed by atoms with Crippen molar-refractivity contribution in [3.63, 3.8) is 0 Å². The topological polar surface area (TPSA) is 125 Å². The van der Waals surface area contributed by atoms with Gasteiger partial charge in [0.05, 0.1) is 11.4 Å². The van der Waals surface area contributed by atoms with Crippen LogP contribution < -0.4 is 5.14 Å². The molecular weight excluding hydrogens is 550 g/mol. The minimum atomic E-state index is -4.38. The molecule has 0 unspecified atom stereocenters. The smallest absolute Gasteiger partial charge is 0.359 e. The van der Waals surface area contributed by atoms with Crippen molar-refractivity contribution >= 4 is 21.7 Å². The fraction of sp³-hybridized carbons (Fsp3) is 0.273. The highest BCUT2D eigenvalue weighted by molar-refractivity contribution is 7.89. The summed E-state index contributed by atoms with van der Waals surface area (Å²) in [4.78, 5) is 18.3. The molecule has 0 radical (unpaired) electrons. The van der Waals surface area contributed by atoms with Crippen LogP contribution in [0.4, 0.5) is 0 Å². The zero-order valence-corrected chi connectivity index (χ0v) is 24.4. The van der Waals surface area contributed by atoms with Crippen molar-refractivity contribution in [2.24, 2.45) is 5.14 Å². The van der Waals surface area contributed by atoms with Gasteiger partial charge < -0.3 is 9.84 Å². The van der Waals surface area contributed by atoms with Gasteiger partial charge in [-0.05, 0) is 43.2 Å². The summed E-state index contributed by atoms with van der Waals surface area (Å²) < 4.78 is 33.0. The van der Waals surface area contributed by atoms with E-state index in [-0.39, 0.29) is 17.9 Å². The molecule has 0 amide bonds. The lowest BCUT2D eigenvalue weighted by Crippen LogP contribution is -2.42. The molecule has 1 aliphatic heterocycles. The summed E-state index contributed by atoms with van der Waals surface area (Å²) in [5.41, 5.74) is 2.45. The summed E-state index contributed by atoms with van der Waals surface area (Å²) in [6.07, 6.45) is 3.30. The molecule has 5 rings (SSSR count). The van der Waals surface area contributed by atoms with Crippen molar-refractivity contribution in [1.29, 1.82) is 0 Å². The number of nitrogens with zero attached hydrogens (tertiary/aromatic N) is 2. The third-order valence-corrected chi connectivity index (χ3v) is 8.43. The van der Waals surface area contributed by atoms with E-state index in [0.29, 0.717) is 55.5 Å². The number of aliphatic hydroxyl groups is 1. The standard InChI is InChI=1S/C33H35N3O5S/c1-2-12-27-29(26-17-10-5-11-18-26)35-32(42(34,39)40)36(27)30-28(37)23-33(41-31(30)38,21-19-24-13-6-3-7-14-24)22-20-25-15-8-4-9-16-25/h3-11,13-18,37H,2,12,19-23H2,1H3,(H2,34,39,40). The van der Waals surface area contributed by atoms with Crippen LogP contribution in [0.5, 0.6) is 0 Å². The van der Waals surface area contributed by atoms with Crippen LogP contribution in [0, 0.1) is 0 Å². The summed E-state index contributed by atoms with van der Waals surface area (Å²) >= 11 is 0. The van der Waals surface area contributed by atoms with Crippen LogP contribution in [0.1, 0.15) is 49.4 Å². The number of imidazole rings is 1. The molecule has 9 heteroatoms. The highest BCUT2D eigenvalue weighted by atomic mass is 32.2. The largest absolute Gasteiger partial charge is 0.510 e. The van der Waals surface area contributed by atoms with Crippen molar-refractivity contribution in [2.75, 3.05) is 0 Å². The molecule has 3 N–H and O–H groups in total. The monoisotopic (exact) mass is 585 g/mol. The number of hydrogen-bond donors (Lipinski definition) is 2. The predicted molar refractivity (Wildman–Crippen MR) is 162 cm³/mol. The molecule has 0 atom stereocenters. The lowest BCUT2D eigenvalue weighted by atomic mass is 9.83. The second kappa shape index (κ2) is 12.3. The number of ether oxygens (including phenoxy) is 1. The van der Waals surface area contributed by atoms with E-state index < -0.39 is 26.8 Å². The Morgan fingerprint density at radius 3 is 1.88 bits per heavy atom. The number of aryl methyl sites for hydroxylation is 2. The lowest BCUT2D eigenvalue weighted by Gasteiger charge is -2.38. The van der Waals surface area contributed by atoms with Gasteiger partial charge in [0.15, 0.2) is 5.70 Å². The number of nitrogens with two attached hydrogens (primary N) is 1. The van der Waals surface area contributed by atoms with E-state index in [9.17, 15) is 18.3 Å². The number of aromatic nitrogens is 2. The molecule has 0 saturated heterocycles. The first-order valence-corrected chi connectivity index (χ1v) is 15.7. The summed E-state index contributed by atoms with van der Waals surface area (Å²) in [6.45, 7) is 1.94. The normalized spacial score (nSPS) is 15.0. The third kappa shape index (κ3) is 6.32. The minimum absolute atomic E-state index is 0.0300. The van der Waals surface area contributed by atoms with Gasteiger partial charge in [-0.3, -0.25) is 4.57 Å². The average molecular weight is 586 g/mol. The number of esters is 1. The van der Waals surface area contributed by atoms with Gasteiger partial charge in [0.25, 0.3) is 10.0 Å².